The number of aliphatic hydroxyl groups excluding tert-OH is 1. The van der Waals surface area contributed by atoms with Crippen molar-refractivity contribution < 1.29 is 19.5 Å². The summed E-state index contributed by atoms with van der Waals surface area (Å²) in [6.07, 6.45) is 1.48. The lowest BCUT2D eigenvalue weighted by Crippen LogP contribution is -2.54. The molecular formula is C28H33N3O4S. The molecule has 2 aromatic rings. The fourth-order valence-electron chi connectivity index (χ4n) is 6.36. The van der Waals surface area contributed by atoms with E-state index in [1.165, 1.54) is 0 Å². The zero-order chi connectivity index (χ0) is 25.6. The molecule has 7 nitrogen and oxygen atoms in total. The van der Waals surface area contributed by atoms with Gasteiger partial charge >= 0.3 is 0 Å². The number of likely N-dealkylation sites (tertiary alicyclic amines) is 1. The average Bonchev–Trinajstić information content (AvgIpc) is 3.52. The van der Waals surface area contributed by atoms with Gasteiger partial charge in [0.25, 0.3) is 0 Å². The molecule has 3 N–H and O–H groups in total. The van der Waals surface area contributed by atoms with Crippen molar-refractivity contribution in [3.05, 3.63) is 65.2 Å². The SMILES string of the molecule is Cc1cccc(C)c1NC(=O)C1N([C@H](C)CO)C(=O)[C@@H]2[C@H](C(=O)NCc3ccccc3)[C@@H]3CCC12S3. The van der Waals surface area contributed by atoms with Crippen molar-refractivity contribution in [3.8, 4) is 0 Å². The van der Waals surface area contributed by atoms with Gasteiger partial charge in [0.05, 0.1) is 29.2 Å². The number of para-hydroxylation sites is 1. The molecule has 0 radical (unpaired) electrons. The molecule has 2 unspecified atom stereocenters. The van der Waals surface area contributed by atoms with Crippen LogP contribution in [0.25, 0.3) is 0 Å². The first-order chi connectivity index (χ1) is 17.3. The molecule has 36 heavy (non-hydrogen) atoms. The second-order valence-electron chi connectivity index (χ2n) is 10.3. The smallest absolute Gasteiger partial charge is 0.248 e. The molecule has 2 bridgehead atoms. The summed E-state index contributed by atoms with van der Waals surface area (Å²) in [6.45, 7) is 5.80. The zero-order valence-electron chi connectivity index (χ0n) is 20.9. The predicted octanol–water partition coefficient (Wildman–Crippen LogP) is 3.03. The number of rotatable bonds is 7. The summed E-state index contributed by atoms with van der Waals surface area (Å²) >= 11 is 1.63. The van der Waals surface area contributed by atoms with Gasteiger partial charge in [-0.05, 0) is 50.3 Å². The van der Waals surface area contributed by atoms with Gasteiger partial charge in [-0.1, -0.05) is 48.5 Å². The van der Waals surface area contributed by atoms with Gasteiger partial charge in [0.2, 0.25) is 17.7 Å². The molecule has 8 heteroatoms. The number of amides is 3. The maximum absolute atomic E-state index is 13.9. The number of aryl methyl sites for hydroxylation is 2. The van der Waals surface area contributed by atoms with Gasteiger partial charge in [-0.15, -0.1) is 11.8 Å². The van der Waals surface area contributed by atoms with Crippen molar-refractivity contribution in [2.45, 2.75) is 62.2 Å². The highest BCUT2D eigenvalue weighted by atomic mass is 32.2. The van der Waals surface area contributed by atoms with Crippen molar-refractivity contribution in [1.82, 2.24) is 10.2 Å². The highest BCUT2D eigenvalue weighted by Gasteiger charge is 2.74. The highest BCUT2D eigenvalue weighted by molar-refractivity contribution is 8.02. The molecule has 3 aliphatic heterocycles. The van der Waals surface area contributed by atoms with Gasteiger partial charge in [0.15, 0.2) is 0 Å². The Morgan fingerprint density at radius 1 is 1.11 bits per heavy atom. The summed E-state index contributed by atoms with van der Waals surface area (Å²) < 4.78 is -0.680. The van der Waals surface area contributed by atoms with E-state index < -0.39 is 28.7 Å². The number of nitrogens with one attached hydrogen (secondary N) is 2. The third kappa shape index (κ3) is 3.91. The van der Waals surface area contributed by atoms with Crippen molar-refractivity contribution in [1.29, 1.82) is 0 Å². The lowest BCUT2D eigenvalue weighted by Gasteiger charge is -2.36. The van der Waals surface area contributed by atoms with Gasteiger partial charge in [0, 0.05) is 17.5 Å². The molecule has 0 aliphatic carbocycles. The number of carbonyl (C=O) groups is 3. The summed E-state index contributed by atoms with van der Waals surface area (Å²) in [7, 11) is 0. The predicted molar refractivity (Wildman–Crippen MR) is 140 cm³/mol. The van der Waals surface area contributed by atoms with Gasteiger partial charge in [-0.25, -0.2) is 0 Å². The van der Waals surface area contributed by atoms with Crippen LogP contribution in [0.3, 0.4) is 0 Å². The van der Waals surface area contributed by atoms with Crippen molar-refractivity contribution in [2.75, 3.05) is 11.9 Å². The molecule has 3 aliphatic rings. The van der Waals surface area contributed by atoms with Crippen molar-refractivity contribution >= 4 is 35.2 Å². The largest absolute Gasteiger partial charge is 0.394 e. The Hall–Kier alpha value is -2.84. The summed E-state index contributed by atoms with van der Waals surface area (Å²) in [5, 5.41) is 16.1. The number of carbonyl (C=O) groups excluding carboxylic acids is 3. The first-order valence-electron chi connectivity index (χ1n) is 12.6. The van der Waals surface area contributed by atoms with Gasteiger partial charge < -0.3 is 20.6 Å². The normalized spacial score (nSPS) is 29.2. The fraction of sp³-hybridized carbons (Fsp3) is 0.464. The van der Waals surface area contributed by atoms with E-state index in [0.29, 0.717) is 13.0 Å². The van der Waals surface area contributed by atoms with E-state index in [4.69, 9.17) is 0 Å². The van der Waals surface area contributed by atoms with Crippen LogP contribution in [-0.4, -0.2) is 56.4 Å². The van der Waals surface area contributed by atoms with Crippen molar-refractivity contribution in [2.24, 2.45) is 11.8 Å². The van der Waals surface area contributed by atoms with Crippen LogP contribution in [0.4, 0.5) is 5.69 Å². The molecule has 3 amide bonds. The van der Waals surface area contributed by atoms with Crippen LogP contribution in [-0.2, 0) is 20.9 Å². The number of aliphatic hydroxyl groups is 1. The van der Waals surface area contributed by atoms with Crippen LogP contribution in [0, 0.1) is 25.7 Å². The van der Waals surface area contributed by atoms with Crippen LogP contribution >= 0.6 is 11.8 Å². The molecule has 3 saturated heterocycles. The summed E-state index contributed by atoms with van der Waals surface area (Å²) in [6, 6.07) is 14.3. The molecule has 0 aromatic heterocycles. The Kier molecular flexibility index (Phi) is 6.59. The molecule has 0 saturated carbocycles. The first kappa shape index (κ1) is 24.8. The minimum absolute atomic E-state index is 0.00296. The topological polar surface area (TPSA) is 98.7 Å². The third-order valence-corrected chi connectivity index (χ3v) is 10.0. The van der Waals surface area contributed by atoms with Crippen molar-refractivity contribution in [3.63, 3.8) is 0 Å². The maximum atomic E-state index is 13.9. The fourth-order valence-corrected chi connectivity index (χ4v) is 8.57. The van der Waals surface area contributed by atoms with E-state index in [-0.39, 0.29) is 29.6 Å². The van der Waals surface area contributed by atoms with E-state index >= 15 is 0 Å². The van der Waals surface area contributed by atoms with Gasteiger partial charge in [-0.2, -0.15) is 0 Å². The quantitative estimate of drug-likeness (QED) is 0.535. The summed E-state index contributed by atoms with van der Waals surface area (Å²) in [4.78, 5) is 42.8. The molecule has 6 atom stereocenters. The number of nitrogens with zero attached hydrogens (tertiary/aromatic N) is 1. The second-order valence-corrected chi connectivity index (χ2v) is 11.9. The summed E-state index contributed by atoms with van der Waals surface area (Å²) in [5.74, 6) is -1.66. The number of hydrogen-bond acceptors (Lipinski definition) is 5. The number of hydrogen-bond donors (Lipinski definition) is 3. The second kappa shape index (κ2) is 9.56. The maximum Gasteiger partial charge on any atom is 0.248 e. The van der Waals surface area contributed by atoms with E-state index in [2.05, 4.69) is 10.6 Å². The average molecular weight is 508 g/mol. The van der Waals surface area contributed by atoms with Crippen LogP contribution in [0.1, 0.15) is 36.5 Å². The Labute approximate surface area is 216 Å². The molecular weight excluding hydrogens is 474 g/mol. The van der Waals surface area contributed by atoms with E-state index in [1.807, 2.05) is 62.4 Å². The van der Waals surface area contributed by atoms with Crippen LogP contribution in [0.15, 0.2) is 48.5 Å². The zero-order valence-corrected chi connectivity index (χ0v) is 21.7. The number of thioether (sulfide) groups is 1. The number of benzene rings is 2. The molecule has 5 rings (SSSR count). The molecule has 3 fully saturated rings. The van der Waals surface area contributed by atoms with Crippen LogP contribution in [0.5, 0.6) is 0 Å². The first-order valence-corrected chi connectivity index (χ1v) is 13.5. The Morgan fingerprint density at radius 3 is 2.47 bits per heavy atom. The Balaban J connectivity index is 1.45. The summed E-state index contributed by atoms with van der Waals surface area (Å²) in [5.41, 5.74) is 3.65. The Bertz CT molecular complexity index is 1170. The molecule has 1 spiro atoms. The lowest BCUT2D eigenvalue weighted by atomic mass is 9.70. The minimum atomic E-state index is -0.752. The van der Waals surface area contributed by atoms with Gasteiger partial charge in [-0.3, -0.25) is 14.4 Å². The van der Waals surface area contributed by atoms with E-state index in [9.17, 15) is 19.5 Å². The minimum Gasteiger partial charge on any atom is -0.394 e. The standard InChI is InChI=1S/C28H33N3O4S/c1-16-8-7-9-17(2)23(16)30-26(34)24-28-13-12-20(36-28)21(22(28)27(35)31(24)18(3)15-32)25(33)29-14-19-10-5-4-6-11-19/h4-11,18,20-22,24,32H,12-15H2,1-3H3,(H,29,33)(H,30,34)/t18-,20+,21-,22+,24?,28?/m1/s1. The Morgan fingerprint density at radius 2 is 1.81 bits per heavy atom. The van der Waals surface area contributed by atoms with E-state index in [0.717, 1.165) is 28.8 Å². The van der Waals surface area contributed by atoms with Crippen LogP contribution in [0.2, 0.25) is 0 Å². The number of fused-ring (bicyclic) bond motifs is 1. The molecule has 2 aromatic carbocycles. The molecule has 190 valence electrons. The van der Waals surface area contributed by atoms with Crippen LogP contribution < -0.4 is 10.6 Å². The monoisotopic (exact) mass is 507 g/mol. The lowest BCUT2D eigenvalue weighted by molar-refractivity contribution is -0.141. The van der Waals surface area contributed by atoms with E-state index in [1.54, 1.807) is 23.6 Å². The number of anilines is 1. The van der Waals surface area contributed by atoms with Gasteiger partial charge in [0.1, 0.15) is 6.04 Å². The third-order valence-electron chi connectivity index (χ3n) is 8.07. The molecule has 3 heterocycles. The highest BCUT2D eigenvalue weighted by Crippen LogP contribution is 2.66.